The van der Waals surface area contributed by atoms with Crippen molar-refractivity contribution in [3.8, 4) is 0 Å². The first-order valence-electron chi connectivity index (χ1n) is 5.23. The standard InChI is InChI=1S/C12H13NO4/c14-12(15)9-13(7-10-3-1-5-16-10)8-11-4-2-6-17-11/h1-6H,7-9H2,(H,14,15). The number of hydrogen-bond donors (Lipinski definition) is 1. The Balaban J connectivity index is 2.00. The van der Waals surface area contributed by atoms with Gasteiger partial charge in [0.2, 0.25) is 0 Å². The number of nitrogens with zero attached hydrogens (tertiary/aromatic N) is 1. The highest BCUT2D eigenvalue weighted by atomic mass is 16.4. The lowest BCUT2D eigenvalue weighted by molar-refractivity contribution is -0.138. The maximum atomic E-state index is 10.8. The van der Waals surface area contributed by atoms with E-state index in [0.717, 1.165) is 11.5 Å². The van der Waals surface area contributed by atoms with Crippen LogP contribution < -0.4 is 0 Å². The van der Waals surface area contributed by atoms with Gasteiger partial charge in [0, 0.05) is 0 Å². The molecule has 0 saturated heterocycles. The van der Waals surface area contributed by atoms with Crippen LogP contribution in [0, 0.1) is 0 Å². The highest BCUT2D eigenvalue weighted by molar-refractivity contribution is 5.69. The molecule has 2 aromatic heterocycles. The Hall–Kier alpha value is -2.01. The van der Waals surface area contributed by atoms with Gasteiger partial charge in [0.15, 0.2) is 0 Å². The number of carboxylic acid groups (broad SMARTS) is 1. The second kappa shape index (κ2) is 5.36. The number of rotatable bonds is 6. The van der Waals surface area contributed by atoms with E-state index in [9.17, 15) is 4.79 Å². The van der Waals surface area contributed by atoms with E-state index in [2.05, 4.69) is 0 Å². The second-order valence-corrected chi connectivity index (χ2v) is 3.70. The molecule has 2 aromatic rings. The van der Waals surface area contributed by atoms with Gasteiger partial charge >= 0.3 is 5.97 Å². The predicted octanol–water partition coefficient (Wildman–Crippen LogP) is 1.96. The summed E-state index contributed by atoms with van der Waals surface area (Å²) in [5.74, 6) is 0.596. The van der Waals surface area contributed by atoms with Gasteiger partial charge in [-0.15, -0.1) is 0 Å². The van der Waals surface area contributed by atoms with E-state index in [1.54, 1.807) is 29.6 Å². The van der Waals surface area contributed by atoms with Crippen molar-refractivity contribution < 1.29 is 18.7 Å². The average Bonchev–Trinajstić information content (AvgIpc) is 2.89. The van der Waals surface area contributed by atoms with E-state index in [4.69, 9.17) is 13.9 Å². The highest BCUT2D eigenvalue weighted by Crippen LogP contribution is 2.10. The molecule has 0 aliphatic rings. The van der Waals surface area contributed by atoms with Crippen LogP contribution in [0.3, 0.4) is 0 Å². The minimum Gasteiger partial charge on any atom is -0.480 e. The van der Waals surface area contributed by atoms with Crippen molar-refractivity contribution in [2.75, 3.05) is 6.54 Å². The van der Waals surface area contributed by atoms with Gasteiger partial charge in [-0.1, -0.05) is 0 Å². The molecule has 0 amide bonds. The van der Waals surface area contributed by atoms with Crippen molar-refractivity contribution in [1.29, 1.82) is 0 Å². The van der Waals surface area contributed by atoms with Crippen molar-refractivity contribution in [2.45, 2.75) is 13.1 Å². The molecule has 0 fully saturated rings. The minimum absolute atomic E-state index is 0.0542. The molecule has 0 spiro atoms. The van der Waals surface area contributed by atoms with Gasteiger partial charge in [-0.3, -0.25) is 9.69 Å². The predicted molar refractivity (Wildman–Crippen MR) is 59.2 cm³/mol. The van der Waals surface area contributed by atoms with Gasteiger partial charge < -0.3 is 13.9 Å². The number of aliphatic carboxylic acids is 1. The zero-order valence-corrected chi connectivity index (χ0v) is 9.20. The first kappa shape index (κ1) is 11.5. The molecular weight excluding hydrogens is 222 g/mol. The first-order valence-corrected chi connectivity index (χ1v) is 5.23. The Morgan fingerprint density at radius 2 is 1.65 bits per heavy atom. The lowest BCUT2D eigenvalue weighted by Gasteiger charge is -2.17. The van der Waals surface area contributed by atoms with Crippen molar-refractivity contribution in [3.05, 3.63) is 48.3 Å². The number of carboxylic acids is 1. The van der Waals surface area contributed by atoms with Crippen LogP contribution in [0.1, 0.15) is 11.5 Å². The molecule has 90 valence electrons. The fraction of sp³-hybridized carbons (Fsp3) is 0.250. The second-order valence-electron chi connectivity index (χ2n) is 3.70. The third-order valence-corrected chi connectivity index (χ3v) is 2.28. The Morgan fingerprint density at radius 1 is 1.12 bits per heavy atom. The van der Waals surface area contributed by atoms with E-state index in [1.165, 1.54) is 0 Å². The summed E-state index contributed by atoms with van der Waals surface area (Å²) in [6, 6.07) is 7.19. The molecule has 0 aliphatic heterocycles. The molecule has 5 nitrogen and oxygen atoms in total. The summed E-state index contributed by atoms with van der Waals surface area (Å²) in [6.07, 6.45) is 3.14. The molecule has 17 heavy (non-hydrogen) atoms. The molecule has 0 aromatic carbocycles. The molecule has 0 atom stereocenters. The fourth-order valence-corrected chi connectivity index (χ4v) is 1.60. The summed E-state index contributed by atoms with van der Waals surface area (Å²) in [4.78, 5) is 12.5. The quantitative estimate of drug-likeness (QED) is 0.829. The average molecular weight is 235 g/mol. The van der Waals surface area contributed by atoms with Crippen LogP contribution in [0.2, 0.25) is 0 Å². The van der Waals surface area contributed by atoms with Gasteiger partial charge in [0.1, 0.15) is 11.5 Å². The molecule has 1 N–H and O–H groups in total. The minimum atomic E-state index is -0.872. The van der Waals surface area contributed by atoms with E-state index < -0.39 is 5.97 Å². The maximum Gasteiger partial charge on any atom is 0.317 e. The van der Waals surface area contributed by atoms with Crippen LogP contribution in [-0.4, -0.2) is 22.5 Å². The summed E-state index contributed by atoms with van der Waals surface area (Å²) >= 11 is 0. The topological polar surface area (TPSA) is 66.8 Å². The number of hydrogen-bond acceptors (Lipinski definition) is 4. The Kier molecular flexibility index (Phi) is 3.62. The Labute approximate surface area is 98.3 Å². The first-order chi connectivity index (χ1) is 8.24. The molecule has 5 heteroatoms. The Bertz CT molecular complexity index is 411. The summed E-state index contributed by atoms with van der Waals surface area (Å²) in [6.45, 7) is 0.835. The van der Waals surface area contributed by atoms with Crippen molar-refractivity contribution >= 4 is 5.97 Å². The van der Waals surface area contributed by atoms with Crippen LogP contribution in [0.4, 0.5) is 0 Å². The van der Waals surface area contributed by atoms with Gasteiger partial charge in [0.25, 0.3) is 0 Å². The molecule has 0 aliphatic carbocycles. The highest BCUT2D eigenvalue weighted by Gasteiger charge is 2.13. The summed E-state index contributed by atoms with van der Waals surface area (Å²) < 4.78 is 10.4. The zero-order chi connectivity index (χ0) is 12.1. The molecule has 2 heterocycles. The smallest absolute Gasteiger partial charge is 0.317 e. The Morgan fingerprint density at radius 3 is 2.00 bits per heavy atom. The lowest BCUT2D eigenvalue weighted by Crippen LogP contribution is -2.28. The fourth-order valence-electron chi connectivity index (χ4n) is 1.60. The van der Waals surface area contributed by atoms with E-state index in [-0.39, 0.29) is 6.54 Å². The number of furan rings is 2. The molecular formula is C12H13NO4. The molecule has 0 unspecified atom stereocenters. The van der Waals surface area contributed by atoms with Crippen LogP contribution in [-0.2, 0) is 17.9 Å². The normalized spacial score (nSPS) is 10.9. The van der Waals surface area contributed by atoms with Crippen molar-refractivity contribution in [3.63, 3.8) is 0 Å². The third kappa shape index (κ3) is 3.49. The van der Waals surface area contributed by atoms with Crippen LogP contribution in [0.5, 0.6) is 0 Å². The van der Waals surface area contributed by atoms with Gasteiger partial charge in [-0.2, -0.15) is 0 Å². The van der Waals surface area contributed by atoms with Crippen LogP contribution in [0.15, 0.2) is 45.6 Å². The van der Waals surface area contributed by atoms with Crippen molar-refractivity contribution in [1.82, 2.24) is 4.90 Å². The molecule has 0 saturated carbocycles. The van der Waals surface area contributed by atoms with Gasteiger partial charge in [0.05, 0.1) is 32.2 Å². The van der Waals surface area contributed by atoms with E-state index >= 15 is 0 Å². The number of carbonyl (C=O) groups is 1. The largest absolute Gasteiger partial charge is 0.480 e. The van der Waals surface area contributed by atoms with Crippen LogP contribution in [0.25, 0.3) is 0 Å². The molecule has 2 rings (SSSR count). The third-order valence-electron chi connectivity index (χ3n) is 2.28. The zero-order valence-electron chi connectivity index (χ0n) is 9.20. The summed E-state index contributed by atoms with van der Waals surface area (Å²) in [5.41, 5.74) is 0. The lowest BCUT2D eigenvalue weighted by atomic mass is 10.3. The summed E-state index contributed by atoms with van der Waals surface area (Å²) in [7, 11) is 0. The van der Waals surface area contributed by atoms with Gasteiger partial charge in [-0.25, -0.2) is 0 Å². The molecule has 0 radical (unpaired) electrons. The van der Waals surface area contributed by atoms with Crippen molar-refractivity contribution in [2.24, 2.45) is 0 Å². The maximum absolute atomic E-state index is 10.8. The summed E-state index contributed by atoms with van der Waals surface area (Å²) in [5, 5.41) is 8.84. The van der Waals surface area contributed by atoms with E-state index in [0.29, 0.717) is 13.1 Å². The van der Waals surface area contributed by atoms with E-state index in [1.807, 2.05) is 12.1 Å². The SMILES string of the molecule is O=C(O)CN(Cc1ccco1)Cc1ccco1. The molecule has 0 bridgehead atoms. The monoisotopic (exact) mass is 235 g/mol. The van der Waals surface area contributed by atoms with Gasteiger partial charge in [-0.05, 0) is 24.3 Å². The van der Waals surface area contributed by atoms with Crippen LogP contribution >= 0.6 is 0 Å².